The lowest BCUT2D eigenvalue weighted by atomic mass is 10.1. The van der Waals surface area contributed by atoms with Crippen LogP contribution >= 0.6 is 34.9 Å². The van der Waals surface area contributed by atoms with Crippen molar-refractivity contribution in [2.75, 3.05) is 16.8 Å². The average Bonchev–Trinajstić information content (AvgIpc) is 3.25. The SMILES string of the molecule is CCCCSc1nnc(SCC(=O)Nc2ccccc2C(=O)NCc2ccc(C)cc2)s1. The largest absolute Gasteiger partial charge is 0.348 e. The maximum atomic E-state index is 12.7. The second-order valence-corrected chi connectivity index (χ2v) is 10.6. The summed E-state index contributed by atoms with van der Waals surface area (Å²) in [4.78, 5) is 25.2. The van der Waals surface area contributed by atoms with Crippen molar-refractivity contribution in [1.82, 2.24) is 15.5 Å². The van der Waals surface area contributed by atoms with E-state index in [-0.39, 0.29) is 17.6 Å². The highest BCUT2D eigenvalue weighted by atomic mass is 32.2. The fraction of sp³-hybridized carbons (Fsp3) is 0.304. The van der Waals surface area contributed by atoms with Crippen molar-refractivity contribution in [2.24, 2.45) is 0 Å². The zero-order valence-corrected chi connectivity index (χ0v) is 20.5. The lowest BCUT2D eigenvalue weighted by molar-refractivity contribution is -0.113. The van der Waals surface area contributed by atoms with Gasteiger partial charge in [0.25, 0.3) is 5.91 Å². The molecule has 6 nitrogen and oxygen atoms in total. The number of aryl methyl sites for hydroxylation is 1. The van der Waals surface area contributed by atoms with Crippen LogP contribution in [0.25, 0.3) is 0 Å². The summed E-state index contributed by atoms with van der Waals surface area (Å²) in [6, 6.07) is 15.0. The maximum Gasteiger partial charge on any atom is 0.253 e. The Hall–Kier alpha value is -2.36. The zero-order chi connectivity index (χ0) is 22.8. The van der Waals surface area contributed by atoms with Crippen molar-refractivity contribution >= 4 is 52.4 Å². The molecule has 9 heteroatoms. The molecule has 0 saturated carbocycles. The Morgan fingerprint density at radius 3 is 2.47 bits per heavy atom. The molecule has 168 valence electrons. The number of thioether (sulfide) groups is 2. The van der Waals surface area contributed by atoms with Gasteiger partial charge in [-0.3, -0.25) is 9.59 Å². The van der Waals surface area contributed by atoms with Crippen molar-refractivity contribution < 1.29 is 9.59 Å². The van der Waals surface area contributed by atoms with Gasteiger partial charge >= 0.3 is 0 Å². The molecule has 0 fully saturated rings. The van der Waals surface area contributed by atoms with Crippen LogP contribution in [0.15, 0.2) is 57.2 Å². The van der Waals surface area contributed by atoms with Gasteiger partial charge in [-0.15, -0.1) is 10.2 Å². The molecule has 0 atom stereocenters. The maximum absolute atomic E-state index is 12.7. The number of benzene rings is 2. The summed E-state index contributed by atoms with van der Waals surface area (Å²) < 4.78 is 1.69. The van der Waals surface area contributed by atoms with E-state index in [0.717, 1.165) is 32.8 Å². The van der Waals surface area contributed by atoms with Crippen LogP contribution in [-0.4, -0.2) is 33.5 Å². The predicted molar refractivity (Wildman–Crippen MR) is 134 cm³/mol. The van der Waals surface area contributed by atoms with Crippen molar-refractivity contribution in [1.29, 1.82) is 0 Å². The van der Waals surface area contributed by atoms with Crippen LogP contribution in [0.1, 0.15) is 41.3 Å². The Morgan fingerprint density at radius 2 is 1.72 bits per heavy atom. The van der Waals surface area contributed by atoms with E-state index in [4.69, 9.17) is 0 Å². The summed E-state index contributed by atoms with van der Waals surface area (Å²) in [6.45, 7) is 4.61. The summed E-state index contributed by atoms with van der Waals surface area (Å²) in [7, 11) is 0. The minimum Gasteiger partial charge on any atom is -0.348 e. The normalized spacial score (nSPS) is 10.7. The minimum atomic E-state index is -0.230. The fourth-order valence-corrected chi connectivity index (χ4v) is 5.68. The summed E-state index contributed by atoms with van der Waals surface area (Å²) in [5.41, 5.74) is 3.12. The lowest BCUT2D eigenvalue weighted by Gasteiger charge is -2.11. The van der Waals surface area contributed by atoms with E-state index in [1.165, 1.54) is 28.7 Å². The van der Waals surface area contributed by atoms with Gasteiger partial charge in [0, 0.05) is 12.3 Å². The molecule has 0 aliphatic rings. The van der Waals surface area contributed by atoms with Gasteiger partial charge < -0.3 is 10.6 Å². The van der Waals surface area contributed by atoms with Gasteiger partial charge in [0.15, 0.2) is 8.68 Å². The van der Waals surface area contributed by atoms with Crippen LogP contribution in [0.3, 0.4) is 0 Å². The molecule has 0 radical (unpaired) electrons. The second kappa shape index (κ2) is 12.6. The minimum absolute atomic E-state index is 0.191. The van der Waals surface area contributed by atoms with Crippen LogP contribution in [-0.2, 0) is 11.3 Å². The number of para-hydroxylation sites is 1. The first kappa shape index (κ1) is 24.3. The predicted octanol–water partition coefficient (Wildman–Crippen LogP) is 5.40. The van der Waals surface area contributed by atoms with E-state index in [1.807, 2.05) is 31.2 Å². The van der Waals surface area contributed by atoms with Crippen LogP contribution in [0, 0.1) is 6.92 Å². The highest BCUT2D eigenvalue weighted by molar-refractivity contribution is 8.03. The van der Waals surface area contributed by atoms with Gasteiger partial charge in [-0.2, -0.15) is 0 Å². The van der Waals surface area contributed by atoms with Gasteiger partial charge in [-0.1, -0.05) is 90.2 Å². The quantitative estimate of drug-likeness (QED) is 0.279. The van der Waals surface area contributed by atoms with Crippen molar-refractivity contribution in [3.05, 3.63) is 65.2 Å². The average molecular weight is 487 g/mol. The molecule has 3 aromatic rings. The Morgan fingerprint density at radius 1 is 1.00 bits per heavy atom. The van der Waals surface area contributed by atoms with E-state index in [9.17, 15) is 9.59 Å². The number of unbranched alkanes of at least 4 members (excludes halogenated alkanes) is 1. The molecule has 2 N–H and O–H groups in total. The topological polar surface area (TPSA) is 84.0 Å². The summed E-state index contributed by atoms with van der Waals surface area (Å²) in [5.74, 6) is 0.809. The van der Waals surface area contributed by atoms with Gasteiger partial charge in [-0.25, -0.2) is 0 Å². The number of rotatable bonds is 11. The van der Waals surface area contributed by atoms with Crippen LogP contribution in [0.4, 0.5) is 5.69 Å². The summed E-state index contributed by atoms with van der Waals surface area (Å²) >= 11 is 4.55. The third-order valence-corrected chi connectivity index (χ3v) is 7.73. The molecular weight excluding hydrogens is 460 g/mol. The van der Waals surface area contributed by atoms with E-state index in [2.05, 4.69) is 27.8 Å². The summed E-state index contributed by atoms with van der Waals surface area (Å²) in [6.07, 6.45) is 2.30. The molecule has 1 heterocycles. The lowest BCUT2D eigenvalue weighted by Crippen LogP contribution is -2.25. The smallest absolute Gasteiger partial charge is 0.253 e. The van der Waals surface area contributed by atoms with Gasteiger partial charge in [0.2, 0.25) is 5.91 Å². The van der Waals surface area contributed by atoms with Gasteiger partial charge in [0.1, 0.15) is 0 Å². The fourth-order valence-electron chi connectivity index (χ4n) is 2.70. The van der Waals surface area contributed by atoms with Crippen molar-refractivity contribution in [3.8, 4) is 0 Å². The Labute approximate surface area is 201 Å². The van der Waals surface area contributed by atoms with Gasteiger partial charge in [-0.05, 0) is 31.0 Å². The molecule has 0 aliphatic carbocycles. The standard InChI is InChI=1S/C23H26N4O2S3/c1-3-4-13-30-22-26-27-23(32-22)31-15-20(28)25-19-8-6-5-7-18(19)21(29)24-14-17-11-9-16(2)10-12-17/h5-12H,3-4,13-15H2,1-2H3,(H,24,29)(H,25,28). The highest BCUT2D eigenvalue weighted by Gasteiger charge is 2.14. The molecule has 0 spiro atoms. The number of hydrogen-bond acceptors (Lipinski definition) is 7. The molecule has 1 aromatic heterocycles. The van der Waals surface area contributed by atoms with E-state index >= 15 is 0 Å². The number of anilines is 1. The molecule has 2 amide bonds. The zero-order valence-electron chi connectivity index (χ0n) is 18.1. The number of nitrogens with zero attached hydrogens (tertiary/aromatic N) is 2. The molecule has 0 unspecified atom stereocenters. The number of carbonyl (C=O) groups is 2. The number of carbonyl (C=O) groups excluding carboxylic acids is 2. The molecule has 0 bridgehead atoms. The third kappa shape index (κ3) is 7.65. The Kier molecular flexibility index (Phi) is 9.58. The van der Waals surface area contributed by atoms with Crippen molar-refractivity contribution in [3.63, 3.8) is 0 Å². The summed E-state index contributed by atoms with van der Waals surface area (Å²) in [5, 5.41) is 14.1. The number of aromatic nitrogens is 2. The molecule has 0 saturated heterocycles. The molecule has 32 heavy (non-hydrogen) atoms. The first-order valence-corrected chi connectivity index (χ1v) is 13.2. The number of nitrogens with one attached hydrogen (secondary N) is 2. The number of hydrogen-bond donors (Lipinski definition) is 2. The molecule has 2 aromatic carbocycles. The van der Waals surface area contributed by atoms with E-state index < -0.39 is 0 Å². The highest BCUT2D eigenvalue weighted by Crippen LogP contribution is 2.29. The molecular formula is C23H26N4O2S3. The first-order valence-electron chi connectivity index (χ1n) is 10.4. The van der Waals surface area contributed by atoms with Crippen LogP contribution in [0.2, 0.25) is 0 Å². The molecule has 0 aliphatic heterocycles. The number of amides is 2. The van der Waals surface area contributed by atoms with Crippen LogP contribution < -0.4 is 10.6 Å². The van der Waals surface area contributed by atoms with Crippen molar-refractivity contribution in [2.45, 2.75) is 41.9 Å². The van der Waals surface area contributed by atoms with E-state index in [1.54, 1.807) is 36.0 Å². The monoisotopic (exact) mass is 486 g/mol. The Bertz CT molecular complexity index is 1040. The van der Waals surface area contributed by atoms with Gasteiger partial charge in [0.05, 0.1) is 17.0 Å². The van der Waals surface area contributed by atoms with Crippen LogP contribution in [0.5, 0.6) is 0 Å². The molecule has 3 rings (SSSR count). The Balaban J connectivity index is 1.52. The van der Waals surface area contributed by atoms with E-state index in [0.29, 0.717) is 17.8 Å². The third-order valence-electron chi connectivity index (χ3n) is 4.46. The second-order valence-electron chi connectivity index (χ2n) is 7.09. The first-order chi connectivity index (χ1) is 15.5.